The van der Waals surface area contributed by atoms with E-state index in [-0.39, 0.29) is 24.6 Å². The van der Waals surface area contributed by atoms with Crippen LogP contribution in [-0.2, 0) is 6.42 Å². The summed E-state index contributed by atoms with van der Waals surface area (Å²) in [6, 6.07) is 17.8. The molecule has 0 amide bonds. The molecule has 0 aliphatic heterocycles. The van der Waals surface area contributed by atoms with Gasteiger partial charge in [0.05, 0.1) is 6.04 Å². The zero-order chi connectivity index (χ0) is 14.8. The molecule has 2 nitrogen and oxygen atoms in total. The largest absolute Gasteiger partial charge is 0.396 e. The first-order valence-electron chi connectivity index (χ1n) is 7.73. The van der Waals surface area contributed by atoms with Gasteiger partial charge in [0.25, 0.3) is 0 Å². The van der Waals surface area contributed by atoms with Crippen molar-refractivity contribution in [2.45, 2.75) is 32.4 Å². The third-order valence-corrected chi connectivity index (χ3v) is 4.68. The van der Waals surface area contributed by atoms with E-state index >= 15 is 0 Å². The van der Waals surface area contributed by atoms with Crippen molar-refractivity contribution in [1.82, 2.24) is 5.32 Å². The van der Waals surface area contributed by atoms with Crippen LogP contribution in [0.4, 0.5) is 0 Å². The summed E-state index contributed by atoms with van der Waals surface area (Å²) in [6.45, 7) is 4.45. The molecule has 0 spiro atoms. The quantitative estimate of drug-likeness (QED) is 0.901. The molecular weight excluding hydrogens is 258 g/mol. The Balaban J connectivity index is 1.98. The highest BCUT2D eigenvalue weighted by molar-refractivity contribution is 5.48. The SMILES string of the molecule is CC(CO)C(C)NC1c2ccccc2Cc2ccccc21. The van der Waals surface area contributed by atoms with E-state index in [0.29, 0.717) is 0 Å². The number of rotatable bonds is 4. The van der Waals surface area contributed by atoms with Gasteiger partial charge in [-0.2, -0.15) is 0 Å². The van der Waals surface area contributed by atoms with E-state index in [1.807, 2.05) is 0 Å². The number of hydrogen-bond acceptors (Lipinski definition) is 2. The standard InChI is InChI=1S/C19H23NO/c1-13(12-21)14(2)20-19-17-9-5-3-7-15(17)11-16-8-4-6-10-18(16)19/h3-10,13-14,19-21H,11-12H2,1-2H3. The minimum absolute atomic E-state index is 0.212. The Kier molecular flexibility index (Phi) is 4.09. The molecule has 3 rings (SSSR count). The lowest BCUT2D eigenvalue weighted by molar-refractivity contribution is 0.203. The fraction of sp³-hybridized carbons (Fsp3) is 0.368. The first-order chi connectivity index (χ1) is 10.2. The van der Waals surface area contributed by atoms with Crippen molar-refractivity contribution in [3.8, 4) is 0 Å². The van der Waals surface area contributed by atoms with Crippen LogP contribution in [0.15, 0.2) is 48.5 Å². The van der Waals surface area contributed by atoms with Crippen LogP contribution in [-0.4, -0.2) is 17.8 Å². The lowest BCUT2D eigenvalue weighted by atomic mass is 9.82. The normalized spacial score (nSPS) is 16.9. The molecule has 2 atom stereocenters. The Morgan fingerprint density at radius 2 is 1.52 bits per heavy atom. The molecule has 1 aliphatic rings. The number of hydrogen-bond donors (Lipinski definition) is 2. The number of benzene rings is 2. The maximum atomic E-state index is 9.39. The highest BCUT2D eigenvalue weighted by atomic mass is 16.3. The van der Waals surface area contributed by atoms with Gasteiger partial charge in [-0.25, -0.2) is 0 Å². The fourth-order valence-corrected chi connectivity index (χ4v) is 3.09. The van der Waals surface area contributed by atoms with Crippen LogP contribution in [0.2, 0.25) is 0 Å². The number of aliphatic hydroxyl groups excluding tert-OH is 1. The van der Waals surface area contributed by atoms with Crippen LogP contribution in [0.3, 0.4) is 0 Å². The van der Waals surface area contributed by atoms with E-state index in [1.165, 1.54) is 22.3 Å². The average Bonchev–Trinajstić information content (AvgIpc) is 2.53. The number of nitrogens with one attached hydrogen (secondary N) is 1. The van der Waals surface area contributed by atoms with Crippen molar-refractivity contribution in [3.05, 3.63) is 70.8 Å². The van der Waals surface area contributed by atoms with E-state index in [0.717, 1.165) is 6.42 Å². The Labute approximate surface area is 126 Å². The van der Waals surface area contributed by atoms with E-state index in [4.69, 9.17) is 0 Å². The van der Waals surface area contributed by atoms with Crippen LogP contribution in [0.1, 0.15) is 42.1 Å². The van der Waals surface area contributed by atoms with Gasteiger partial charge < -0.3 is 10.4 Å². The van der Waals surface area contributed by atoms with Gasteiger partial charge in [0.1, 0.15) is 0 Å². The van der Waals surface area contributed by atoms with Crippen LogP contribution in [0.25, 0.3) is 0 Å². The molecule has 0 saturated carbocycles. The van der Waals surface area contributed by atoms with Gasteiger partial charge in [-0.15, -0.1) is 0 Å². The van der Waals surface area contributed by atoms with Crippen LogP contribution < -0.4 is 5.32 Å². The summed E-state index contributed by atoms with van der Waals surface area (Å²) in [5, 5.41) is 13.1. The second-order valence-corrected chi connectivity index (χ2v) is 6.12. The maximum absolute atomic E-state index is 9.39. The minimum Gasteiger partial charge on any atom is -0.396 e. The molecule has 0 bridgehead atoms. The molecular formula is C19H23NO. The second-order valence-electron chi connectivity index (χ2n) is 6.12. The topological polar surface area (TPSA) is 32.3 Å². The zero-order valence-corrected chi connectivity index (χ0v) is 12.7. The molecule has 2 unspecified atom stereocenters. The molecule has 0 heterocycles. The van der Waals surface area contributed by atoms with Crippen molar-refractivity contribution in [2.24, 2.45) is 5.92 Å². The molecule has 21 heavy (non-hydrogen) atoms. The summed E-state index contributed by atoms with van der Waals surface area (Å²) in [4.78, 5) is 0. The van der Waals surface area contributed by atoms with E-state index in [1.54, 1.807) is 0 Å². The lowest BCUT2D eigenvalue weighted by Gasteiger charge is -2.33. The predicted molar refractivity (Wildman–Crippen MR) is 86.4 cm³/mol. The van der Waals surface area contributed by atoms with E-state index < -0.39 is 0 Å². The molecule has 0 radical (unpaired) electrons. The van der Waals surface area contributed by atoms with Gasteiger partial charge in [-0.3, -0.25) is 0 Å². The Bertz CT molecular complexity index is 577. The number of aliphatic hydroxyl groups is 1. The molecule has 1 aliphatic carbocycles. The van der Waals surface area contributed by atoms with Crippen molar-refractivity contribution < 1.29 is 5.11 Å². The molecule has 0 fully saturated rings. The van der Waals surface area contributed by atoms with Crippen LogP contribution in [0.5, 0.6) is 0 Å². The third kappa shape index (κ3) is 2.74. The molecule has 110 valence electrons. The molecule has 2 aromatic rings. The molecule has 2 N–H and O–H groups in total. The summed E-state index contributed by atoms with van der Waals surface area (Å²) in [5.74, 6) is 0.242. The Hall–Kier alpha value is -1.64. The molecule has 0 saturated heterocycles. The maximum Gasteiger partial charge on any atom is 0.0584 e. The minimum atomic E-state index is 0.212. The molecule has 2 aromatic carbocycles. The van der Waals surface area contributed by atoms with E-state index in [2.05, 4.69) is 67.7 Å². The predicted octanol–water partition coefficient (Wildman–Crippen LogP) is 3.29. The average molecular weight is 281 g/mol. The summed E-state index contributed by atoms with van der Waals surface area (Å²) in [5.41, 5.74) is 5.54. The summed E-state index contributed by atoms with van der Waals surface area (Å²) in [6.07, 6.45) is 1.01. The van der Waals surface area contributed by atoms with Crippen molar-refractivity contribution >= 4 is 0 Å². The fourth-order valence-electron chi connectivity index (χ4n) is 3.09. The van der Waals surface area contributed by atoms with Gasteiger partial charge in [0.15, 0.2) is 0 Å². The summed E-state index contributed by atoms with van der Waals surface area (Å²) in [7, 11) is 0. The van der Waals surface area contributed by atoms with Crippen LogP contribution >= 0.6 is 0 Å². The Morgan fingerprint density at radius 1 is 1.00 bits per heavy atom. The highest BCUT2D eigenvalue weighted by Gasteiger charge is 2.26. The Morgan fingerprint density at radius 3 is 2.05 bits per heavy atom. The number of fused-ring (bicyclic) bond motifs is 2. The monoisotopic (exact) mass is 281 g/mol. The highest BCUT2D eigenvalue weighted by Crippen LogP contribution is 2.35. The van der Waals surface area contributed by atoms with Gasteiger partial charge >= 0.3 is 0 Å². The van der Waals surface area contributed by atoms with Gasteiger partial charge in [-0.1, -0.05) is 55.5 Å². The van der Waals surface area contributed by atoms with Crippen molar-refractivity contribution in [1.29, 1.82) is 0 Å². The van der Waals surface area contributed by atoms with Gasteiger partial charge in [0.2, 0.25) is 0 Å². The second kappa shape index (κ2) is 6.00. The summed E-state index contributed by atoms with van der Waals surface area (Å²) >= 11 is 0. The lowest BCUT2D eigenvalue weighted by Crippen LogP contribution is -2.38. The third-order valence-electron chi connectivity index (χ3n) is 4.68. The van der Waals surface area contributed by atoms with Crippen molar-refractivity contribution in [2.75, 3.05) is 6.61 Å². The van der Waals surface area contributed by atoms with Gasteiger partial charge in [-0.05, 0) is 41.5 Å². The van der Waals surface area contributed by atoms with Crippen molar-refractivity contribution in [3.63, 3.8) is 0 Å². The van der Waals surface area contributed by atoms with Crippen LogP contribution in [0, 0.1) is 5.92 Å². The zero-order valence-electron chi connectivity index (χ0n) is 12.7. The van der Waals surface area contributed by atoms with E-state index in [9.17, 15) is 5.11 Å². The smallest absolute Gasteiger partial charge is 0.0584 e. The first-order valence-corrected chi connectivity index (χ1v) is 7.73. The summed E-state index contributed by atoms with van der Waals surface area (Å²) < 4.78 is 0. The van der Waals surface area contributed by atoms with Gasteiger partial charge in [0, 0.05) is 12.6 Å². The molecule has 0 aromatic heterocycles. The molecule has 2 heteroatoms. The first kappa shape index (κ1) is 14.3.